The monoisotopic (exact) mass is 672 g/mol. The van der Waals surface area contributed by atoms with Crippen LogP contribution in [0.15, 0.2) is 86.2 Å². The second-order valence-electron chi connectivity index (χ2n) is 9.04. The van der Waals surface area contributed by atoms with Gasteiger partial charge in [0.25, 0.3) is 5.56 Å². The lowest BCUT2D eigenvalue weighted by Crippen LogP contribution is -2.39. The minimum Gasteiger partial charge on any atom is -0.493 e. The molecular weight excluding hydrogens is 651 g/mol. The van der Waals surface area contributed by atoms with Crippen LogP contribution in [0.1, 0.15) is 29.7 Å². The molecule has 0 N–H and O–H groups in total. The predicted molar refractivity (Wildman–Crippen MR) is 164 cm³/mol. The number of benzene rings is 3. The minimum absolute atomic E-state index is 0.249. The van der Waals surface area contributed by atoms with Gasteiger partial charge in [0.1, 0.15) is 6.61 Å². The van der Waals surface area contributed by atoms with E-state index in [-0.39, 0.29) is 12.2 Å². The van der Waals surface area contributed by atoms with Crippen molar-refractivity contribution in [2.75, 3.05) is 14.2 Å². The average Bonchev–Trinajstić information content (AvgIpc) is 3.26. The number of halogens is 3. The first-order valence-electron chi connectivity index (χ1n) is 12.3. The van der Waals surface area contributed by atoms with E-state index in [4.69, 9.17) is 37.4 Å². The average molecular weight is 674 g/mol. The molecule has 1 aliphatic rings. The molecule has 5 rings (SSSR count). The molecule has 2 heterocycles. The third-order valence-electron chi connectivity index (χ3n) is 6.49. The van der Waals surface area contributed by atoms with Gasteiger partial charge in [-0.25, -0.2) is 9.79 Å². The fraction of sp³-hybridized carbons (Fsp3) is 0.167. The topological polar surface area (TPSA) is 79.1 Å². The third-order valence-corrected chi connectivity index (χ3v) is 8.68. The lowest BCUT2D eigenvalue weighted by atomic mass is 9.96. The smallest absolute Gasteiger partial charge is 0.338 e. The Morgan fingerprint density at radius 2 is 1.85 bits per heavy atom. The molecule has 0 saturated carbocycles. The summed E-state index contributed by atoms with van der Waals surface area (Å²) in [4.78, 5) is 31.7. The molecule has 3 aromatic carbocycles. The maximum Gasteiger partial charge on any atom is 0.338 e. The van der Waals surface area contributed by atoms with Gasteiger partial charge in [0.2, 0.25) is 0 Å². The van der Waals surface area contributed by atoms with Crippen LogP contribution in [0.2, 0.25) is 10.0 Å². The molecule has 0 aliphatic carbocycles. The van der Waals surface area contributed by atoms with Crippen molar-refractivity contribution in [3.8, 4) is 11.5 Å². The number of aromatic nitrogens is 1. The van der Waals surface area contributed by atoms with E-state index in [1.54, 1.807) is 56.5 Å². The van der Waals surface area contributed by atoms with Gasteiger partial charge < -0.3 is 14.2 Å². The van der Waals surface area contributed by atoms with Crippen molar-refractivity contribution in [1.29, 1.82) is 0 Å². The molecule has 1 aromatic heterocycles. The summed E-state index contributed by atoms with van der Waals surface area (Å²) in [5, 5.41) is 1.15. The van der Waals surface area contributed by atoms with Crippen LogP contribution in [-0.2, 0) is 16.1 Å². The number of fused-ring (bicyclic) bond motifs is 1. The number of methoxy groups -OCH3 is 2. The quantitative estimate of drug-likeness (QED) is 0.223. The van der Waals surface area contributed by atoms with E-state index >= 15 is 0 Å². The highest BCUT2D eigenvalue weighted by Gasteiger charge is 2.33. The molecule has 0 unspecified atom stereocenters. The molecule has 41 heavy (non-hydrogen) atoms. The van der Waals surface area contributed by atoms with Crippen molar-refractivity contribution in [3.63, 3.8) is 0 Å². The predicted octanol–water partition coefficient (Wildman–Crippen LogP) is 6.07. The maximum absolute atomic E-state index is 13.8. The summed E-state index contributed by atoms with van der Waals surface area (Å²) in [5.74, 6) is 0.432. The second kappa shape index (κ2) is 12.2. The normalized spacial score (nSPS) is 14.9. The zero-order chi connectivity index (χ0) is 29.3. The van der Waals surface area contributed by atoms with Crippen molar-refractivity contribution in [3.05, 3.63) is 123 Å². The number of thiazole rings is 1. The van der Waals surface area contributed by atoms with E-state index in [9.17, 15) is 9.59 Å². The van der Waals surface area contributed by atoms with Gasteiger partial charge in [0.05, 0.1) is 40.5 Å². The SMILES string of the molecule is COC(=O)C1=C(C)N=c2s/c(=C\c3cc(Br)c(OCc4ccccc4Cl)c(OC)c3)c(=O)n2[C@@H]1c1ccc(Cl)cc1. The Morgan fingerprint density at radius 3 is 2.54 bits per heavy atom. The molecule has 7 nitrogen and oxygen atoms in total. The highest BCUT2D eigenvalue weighted by atomic mass is 79.9. The Hall–Kier alpha value is -3.37. The summed E-state index contributed by atoms with van der Waals surface area (Å²) in [6.45, 7) is 1.98. The van der Waals surface area contributed by atoms with Gasteiger partial charge >= 0.3 is 5.97 Å². The van der Waals surface area contributed by atoms with Gasteiger partial charge in [-0.2, -0.15) is 0 Å². The minimum atomic E-state index is -0.722. The molecule has 0 radical (unpaired) electrons. The summed E-state index contributed by atoms with van der Waals surface area (Å²) in [6.07, 6.45) is 1.75. The van der Waals surface area contributed by atoms with Gasteiger partial charge in [-0.15, -0.1) is 0 Å². The molecular formula is C30H23BrCl2N2O5S. The molecule has 0 bridgehead atoms. The van der Waals surface area contributed by atoms with Crippen LogP contribution in [0, 0.1) is 0 Å². The van der Waals surface area contributed by atoms with Gasteiger partial charge in [0.15, 0.2) is 16.3 Å². The van der Waals surface area contributed by atoms with Gasteiger partial charge in [0, 0.05) is 15.6 Å². The van der Waals surface area contributed by atoms with Crippen LogP contribution in [0.25, 0.3) is 6.08 Å². The Morgan fingerprint density at radius 1 is 1.12 bits per heavy atom. The summed E-state index contributed by atoms with van der Waals surface area (Å²) >= 11 is 17.2. The number of hydrogen-bond donors (Lipinski definition) is 0. The molecule has 0 fully saturated rings. The van der Waals surface area contributed by atoms with Crippen LogP contribution in [0.5, 0.6) is 11.5 Å². The lowest BCUT2D eigenvalue weighted by Gasteiger charge is -2.24. The lowest BCUT2D eigenvalue weighted by molar-refractivity contribution is -0.136. The highest BCUT2D eigenvalue weighted by molar-refractivity contribution is 9.10. The van der Waals surface area contributed by atoms with E-state index < -0.39 is 12.0 Å². The summed E-state index contributed by atoms with van der Waals surface area (Å²) in [6, 6.07) is 17.4. The van der Waals surface area contributed by atoms with Crippen molar-refractivity contribution < 1.29 is 19.0 Å². The van der Waals surface area contributed by atoms with E-state index in [0.29, 0.717) is 57.7 Å². The van der Waals surface area contributed by atoms with E-state index in [0.717, 1.165) is 5.56 Å². The molecule has 11 heteroatoms. The van der Waals surface area contributed by atoms with Crippen molar-refractivity contribution >= 4 is 62.5 Å². The van der Waals surface area contributed by atoms with Crippen LogP contribution in [-0.4, -0.2) is 24.8 Å². The fourth-order valence-electron chi connectivity index (χ4n) is 4.53. The zero-order valence-corrected chi connectivity index (χ0v) is 26.0. The first-order valence-corrected chi connectivity index (χ1v) is 14.7. The molecule has 1 aliphatic heterocycles. The third kappa shape index (κ3) is 5.85. The number of allylic oxidation sites excluding steroid dienone is 1. The van der Waals surface area contributed by atoms with Crippen molar-refractivity contribution in [1.82, 2.24) is 4.57 Å². The number of nitrogens with zero attached hydrogens (tertiary/aromatic N) is 2. The zero-order valence-electron chi connectivity index (χ0n) is 22.1. The standard InChI is InChI=1S/C30H23BrCl2N2O5S/c1-16-25(29(37)39-3)26(18-8-10-20(32)11-9-18)35-28(36)24(41-30(35)34-16)14-17-12-21(31)27(23(13-17)38-2)40-15-19-6-4-5-7-22(19)33/h4-14,26H,15H2,1-3H3/b24-14-/t26-/m1/s1. The van der Waals surface area contributed by atoms with E-state index in [1.807, 2.05) is 24.3 Å². The van der Waals surface area contributed by atoms with Crippen molar-refractivity contribution in [2.24, 2.45) is 4.99 Å². The van der Waals surface area contributed by atoms with E-state index in [2.05, 4.69) is 20.9 Å². The Kier molecular flexibility index (Phi) is 8.70. The second-order valence-corrected chi connectivity index (χ2v) is 11.7. The number of rotatable bonds is 7. The Bertz CT molecular complexity index is 1870. The maximum atomic E-state index is 13.8. The Labute approximate surface area is 258 Å². The summed E-state index contributed by atoms with van der Waals surface area (Å²) < 4.78 is 19.3. The largest absolute Gasteiger partial charge is 0.493 e. The van der Waals surface area contributed by atoms with Crippen LogP contribution in [0.4, 0.5) is 0 Å². The van der Waals surface area contributed by atoms with Crippen LogP contribution < -0.4 is 24.4 Å². The number of carbonyl (C=O) groups excluding carboxylic acids is 1. The molecule has 0 amide bonds. The number of carbonyl (C=O) groups is 1. The molecule has 0 saturated heterocycles. The Balaban J connectivity index is 1.58. The van der Waals surface area contributed by atoms with Gasteiger partial charge in [-0.3, -0.25) is 9.36 Å². The summed E-state index contributed by atoms with van der Waals surface area (Å²) in [5.41, 5.74) is 2.73. The molecule has 210 valence electrons. The summed E-state index contributed by atoms with van der Waals surface area (Å²) in [7, 11) is 2.85. The first kappa shape index (κ1) is 29.1. The van der Waals surface area contributed by atoms with E-state index in [1.165, 1.54) is 23.0 Å². The molecule has 1 atom stereocenters. The number of ether oxygens (including phenoxy) is 3. The molecule has 0 spiro atoms. The first-order chi connectivity index (χ1) is 19.7. The van der Waals surface area contributed by atoms with Crippen LogP contribution in [0.3, 0.4) is 0 Å². The number of esters is 1. The van der Waals surface area contributed by atoms with Crippen molar-refractivity contribution in [2.45, 2.75) is 19.6 Å². The van der Waals surface area contributed by atoms with Crippen LogP contribution >= 0.6 is 50.5 Å². The number of hydrogen-bond acceptors (Lipinski definition) is 7. The van der Waals surface area contributed by atoms with Gasteiger partial charge in [-0.1, -0.05) is 64.9 Å². The fourth-order valence-corrected chi connectivity index (χ4v) is 6.47. The van der Waals surface area contributed by atoms with Gasteiger partial charge in [-0.05, 0) is 70.4 Å². The highest BCUT2D eigenvalue weighted by Crippen LogP contribution is 2.38. The molecule has 4 aromatic rings.